The van der Waals surface area contributed by atoms with Crippen LogP contribution in [0.4, 0.5) is 0 Å². The molecule has 2 radical (unpaired) electrons. The van der Waals surface area contributed by atoms with Crippen LogP contribution in [0.2, 0.25) is 0 Å². The molecule has 0 spiro atoms. The van der Waals surface area contributed by atoms with E-state index >= 15 is 0 Å². The van der Waals surface area contributed by atoms with Crippen molar-refractivity contribution in [2.75, 3.05) is 0 Å². The predicted molar refractivity (Wildman–Crippen MR) is 36.8 cm³/mol. The molecule has 14 heteroatoms. The van der Waals surface area contributed by atoms with Gasteiger partial charge in [-0.2, -0.15) is 0 Å². The summed E-state index contributed by atoms with van der Waals surface area (Å²) in [6.07, 6.45) is 0. The molecule has 0 saturated heterocycles. The van der Waals surface area contributed by atoms with E-state index in [0.717, 1.165) is 0 Å². The number of hydrogen-bond donors (Lipinski definition) is 0. The summed E-state index contributed by atoms with van der Waals surface area (Å²) < 4.78 is 0. The summed E-state index contributed by atoms with van der Waals surface area (Å²) >= 11 is 0. The van der Waals surface area contributed by atoms with Crippen LogP contribution < -0.4 is 29.6 Å². The van der Waals surface area contributed by atoms with Crippen molar-refractivity contribution in [3.8, 4) is 0 Å². The second-order valence-electron chi connectivity index (χ2n) is 0.671. The van der Waals surface area contributed by atoms with Crippen molar-refractivity contribution in [1.29, 1.82) is 0 Å². The third-order valence-corrected chi connectivity index (χ3v) is 0. The normalized spacial score (nSPS) is 5.14. The van der Waals surface area contributed by atoms with Gasteiger partial charge in [0.15, 0.2) is 0 Å². The van der Waals surface area contributed by atoms with Crippen LogP contribution in [0.1, 0.15) is 0 Å². The Bertz CT molecular complexity index is 118. The fourth-order valence-corrected chi connectivity index (χ4v) is 0. The van der Waals surface area contributed by atoms with E-state index in [-0.39, 0.29) is 56.9 Å². The smallest absolute Gasteiger partial charge is 0.356 e. The molecule has 0 aromatic rings. The van der Waals surface area contributed by atoms with Gasteiger partial charge in [0, 0.05) is 0 Å². The average molecular weight is 416 g/mol. The molecule has 0 N–H and O–H groups in total. The zero-order valence-corrected chi connectivity index (χ0v) is 12.4. The second-order valence-corrected chi connectivity index (χ2v) is 0.671. The van der Waals surface area contributed by atoms with Crippen molar-refractivity contribution in [2.24, 2.45) is 0 Å². The van der Waals surface area contributed by atoms with Crippen LogP contribution >= 0.6 is 0 Å². The Kier molecular flexibility index (Phi) is 47.7. The quantitative estimate of drug-likeness (QED) is 0.214. The molecule has 0 aliphatic heterocycles. The standard InChI is InChI=1S/3NO3.Na.Pb/c3*2-1(3)4;;/q3*-1;+1;+2. The summed E-state index contributed by atoms with van der Waals surface area (Å²) in [5.74, 6) is 0. The Hall–Kier alpha value is -0.478. The van der Waals surface area contributed by atoms with Gasteiger partial charge in [0.1, 0.15) is 0 Å². The average Bonchev–Trinajstić information content (AvgIpc) is 1.54. The Labute approximate surface area is 117 Å². The molecule has 0 aromatic carbocycles. The molecule has 0 fully saturated rings. The van der Waals surface area contributed by atoms with Crippen molar-refractivity contribution in [2.45, 2.75) is 0 Å². The van der Waals surface area contributed by atoms with Gasteiger partial charge in [-0.15, -0.1) is 0 Å². The minimum absolute atomic E-state index is 0. The molecule has 0 rings (SSSR count). The van der Waals surface area contributed by atoms with Crippen LogP contribution in [-0.4, -0.2) is 42.6 Å². The van der Waals surface area contributed by atoms with Crippen LogP contribution in [-0.2, 0) is 0 Å². The van der Waals surface area contributed by atoms with Crippen LogP contribution in [0.3, 0.4) is 0 Å². The maximum atomic E-state index is 8.25. The Morgan fingerprint density at radius 1 is 0.571 bits per heavy atom. The minimum atomic E-state index is -1.75. The van der Waals surface area contributed by atoms with Gasteiger partial charge in [-0.05, 0) is 0 Å². The molecule has 0 saturated carbocycles. The summed E-state index contributed by atoms with van der Waals surface area (Å²) in [7, 11) is 0. The molecule has 0 unspecified atom stereocenters. The Balaban J connectivity index is -0.0000000270. The molecule has 0 aliphatic rings. The van der Waals surface area contributed by atoms with Gasteiger partial charge in [0.05, 0.1) is 15.3 Å². The molecule has 0 bridgehead atoms. The van der Waals surface area contributed by atoms with Gasteiger partial charge < -0.3 is 46.0 Å². The summed E-state index contributed by atoms with van der Waals surface area (Å²) in [5.41, 5.74) is 0. The number of hydrogen-bond acceptors (Lipinski definition) is 9. The van der Waals surface area contributed by atoms with Crippen LogP contribution in [0.15, 0.2) is 0 Å². The maximum Gasteiger partial charge on any atom is 2.00 e. The minimum Gasteiger partial charge on any atom is -0.356 e. The molecule has 0 aliphatic carbocycles. The molecule has 12 nitrogen and oxygen atoms in total. The summed E-state index contributed by atoms with van der Waals surface area (Å²) in [4.78, 5) is 24.8. The van der Waals surface area contributed by atoms with E-state index in [2.05, 4.69) is 0 Å². The summed E-state index contributed by atoms with van der Waals surface area (Å²) in [6, 6.07) is 0. The number of nitrogens with zero attached hydrogens (tertiary/aromatic N) is 3. The van der Waals surface area contributed by atoms with E-state index in [1.165, 1.54) is 0 Å². The Morgan fingerprint density at radius 2 is 0.571 bits per heavy atom. The van der Waals surface area contributed by atoms with E-state index in [1.807, 2.05) is 0 Å². The van der Waals surface area contributed by atoms with Gasteiger partial charge in [0.25, 0.3) is 0 Å². The van der Waals surface area contributed by atoms with Gasteiger partial charge in [0.2, 0.25) is 0 Å². The zero-order valence-electron chi connectivity index (χ0n) is 6.52. The van der Waals surface area contributed by atoms with Crippen molar-refractivity contribution < 1.29 is 44.8 Å². The van der Waals surface area contributed by atoms with Gasteiger partial charge in [-0.3, -0.25) is 0 Å². The largest absolute Gasteiger partial charge is 2.00 e. The topological polar surface area (TPSA) is 199 Å². The first-order valence-electron chi connectivity index (χ1n) is 1.64. The third kappa shape index (κ3) is 5580. The van der Waals surface area contributed by atoms with E-state index in [1.54, 1.807) is 0 Å². The molecule has 0 aromatic heterocycles. The first-order valence-corrected chi connectivity index (χ1v) is 1.64. The monoisotopic (exact) mass is 417 g/mol. The van der Waals surface area contributed by atoms with Crippen molar-refractivity contribution in [3.05, 3.63) is 46.0 Å². The molecule has 74 valence electrons. The number of rotatable bonds is 0. The van der Waals surface area contributed by atoms with E-state index in [9.17, 15) is 0 Å². The van der Waals surface area contributed by atoms with Crippen LogP contribution in [0, 0.1) is 46.0 Å². The zero-order chi connectivity index (χ0) is 10.7. The molecular weight excluding hydrogens is 416 g/mol. The van der Waals surface area contributed by atoms with Gasteiger partial charge in [-0.1, -0.05) is 0 Å². The van der Waals surface area contributed by atoms with E-state index in [0.29, 0.717) is 0 Å². The fourth-order valence-electron chi connectivity index (χ4n) is 0. The van der Waals surface area contributed by atoms with E-state index < -0.39 is 15.3 Å². The molecule has 0 atom stereocenters. The van der Waals surface area contributed by atoms with Crippen molar-refractivity contribution in [3.63, 3.8) is 0 Å². The van der Waals surface area contributed by atoms with E-state index in [4.69, 9.17) is 46.0 Å². The van der Waals surface area contributed by atoms with Gasteiger partial charge >= 0.3 is 56.9 Å². The molecule has 14 heavy (non-hydrogen) atoms. The predicted octanol–water partition coefficient (Wildman–Crippen LogP) is -4.09. The maximum absolute atomic E-state index is 8.25. The third-order valence-electron chi connectivity index (χ3n) is 0. The van der Waals surface area contributed by atoms with Crippen molar-refractivity contribution >= 4 is 27.3 Å². The van der Waals surface area contributed by atoms with Crippen molar-refractivity contribution in [1.82, 2.24) is 0 Å². The molecular formula is N3NaO9Pb. The SMILES string of the molecule is O=[N+]([O-])[O-].O=[N+]([O-])[O-].O=[N+]([O-])[O-].[Na+].[Pb+2]. The summed E-state index contributed by atoms with van der Waals surface area (Å²) in [6.45, 7) is 0. The summed E-state index contributed by atoms with van der Waals surface area (Å²) in [5, 5.41) is 44.2. The van der Waals surface area contributed by atoms with Gasteiger partial charge in [-0.25, -0.2) is 0 Å². The van der Waals surface area contributed by atoms with Crippen LogP contribution in [0.5, 0.6) is 0 Å². The molecule has 0 amide bonds. The second kappa shape index (κ2) is 22.9. The fraction of sp³-hybridized carbons (Fsp3) is 0. The molecule has 0 heterocycles. The first kappa shape index (κ1) is 29.2. The Morgan fingerprint density at radius 3 is 0.571 bits per heavy atom. The first-order chi connectivity index (χ1) is 5.20. The van der Waals surface area contributed by atoms with Crippen LogP contribution in [0.25, 0.3) is 0 Å².